The van der Waals surface area contributed by atoms with E-state index in [-0.39, 0.29) is 11.9 Å². The second-order valence-electron chi connectivity index (χ2n) is 6.68. The molecule has 4 rings (SSSR count). The van der Waals surface area contributed by atoms with Gasteiger partial charge in [-0.05, 0) is 61.4 Å². The minimum Gasteiger partial charge on any atom is -0.367 e. The van der Waals surface area contributed by atoms with E-state index in [0.717, 1.165) is 33.4 Å². The SMILES string of the molecule is CC(C)Nc1nc(-c2cccnc2)nc2ccc(-c3cccc(F)c3)cc12. The van der Waals surface area contributed by atoms with Crippen molar-refractivity contribution in [2.45, 2.75) is 19.9 Å². The van der Waals surface area contributed by atoms with Crippen molar-refractivity contribution in [3.63, 3.8) is 0 Å². The molecule has 0 saturated carbocycles. The summed E-state index contributed by atoms with van der Waals surface area (Å²) in [4.78, 5) is 13.6. The molecule has 0 aliphatic heterocycles. The molecule has 4 aromatic rings. The molecule has 5 heteroatoms. The van der Waals surface area contributed by atoms with Gasteiger partial charge in [-0.2, -0.15) is 0 Å². The lowest BCUT2D eigenvalue weighted by Crippen LogP contribution is -2.12. The van der Waals surface area contributed by atoms with Gasteiger partial charge < -0.3 is 5.32 Å². The normalized spacial score (nSPS) is 11.1. The third-order valence-electron chi connectivity index (χ3n) is 4.20. The first-order valence-corrected chi connectivity index (χ1v) is 8.85. The molecular weight excluding hydrogens is 339 g/mol. The third-order valence-corrected chi connectivity index (χ3v) is 4.20. The fraction of sp³-hybridized carbons (Fsp3) is 0.136. The van der Waals surface area contributed by atoms with Gasteiger partial charge in [-0.3, -0.25) is 4.98 Å². The van der Waals surface area contributed by atoms with Crippen molar-refractivity contribution in [2.24, 2.45) is 0 Å². The second kappa shape index (κ2) is 7.11. The van der Waals surface area contributed by atoms with Crippen LogP contribution >= 0.6 is 0 Å². The maximum atomic E-state index is 13.6. The smallest absolute Gasteiger partial charge is 0.163 e. The Kier molecular flexibility index (Phi) is 4.50. The van der Waals surface area contributed by atoms with Crippen LogP contribution in [0.25, 0.3) is 33.4 Å². The molecule has 0 amide bonds. The minimum absolute atomic E-state index is 0.211. The van der Waals surface area contributed by atoms with E-state index in [9.17, 15) is 4.39 Å². The molecule has 0 saturated heterocycles. The largest absolute Gasteiger partial charge is 0.367 e. The number of pyridine rings is 1. The van der Waals surface area contributed by atoms with Crippen LogP contribution in [0, 0.1) is 5.82 Å². The van der Waals surface area contributed by atoms with Gasteiger partial charge in [0.1, 0.15) is 11.6 Å². The number of rotatable bonds is 4. The number of benzene rings is 2. The van der Waals surface area contributed by atoms with E-state index < -0.39 is 0 Å². The van der Waals surface area contributed by atoms with Crippen LogP contribution in [-0.2, 0) is 0 Å². The molecule has 0 radical (unpaired) electrons. The number of fused-ring (bicyclic) bond motifs is 1. The third kappa shape index (κ3) is 3.62. The highest BCUT2D eigenvalue weighted by atomic mass is 19.1. The zero-order valence-electron chi connectivity index (χ0n) is 15.1. The zero-order valence-corrected chi connectivity index (χ0v) is 15.1. The fourth-order valence-electron chi connectivity index (χ4n) is 2.98. The Morgan fingerprint density at radius 2 is 1.70 bits per heavy atom. The number of aromatic nitrogens is 3. The van der Waals surface area contributed by atoms with Gasteiger partial charge in [0, 0.05) is 29.4 Å². The van der Waals surface area contributed by atoms with Gasteiger partial charge in [-0.15, -0.1) is 0 Å². The molecular formula is C22H19FN4. The van der Waals surface area contributed by atoms with Gasteiger partial charge in [-0.1, -0.05) is 18.2 Å². The van der Waals surface area contributed by atoms with Crippen molar-refractivity contribution >= 4 is 16.7 Å². The molecule has 0 atom stereocenters. The van der Waals surface area contributed by atoms with Gasteiger partial charge >= 0.3 is 0 Å². The van der Waals surface area contributed by atoms with Crippen LogP contribution < -0.4 is 5.32 Å². The highest BCUT2D eigenvalue weighted by molar-refractivity contribution is 5.94. The minimum atomic E-state index is -0.253. The van der Waals surface area contributed by atoms with E-state index in [0.29, 0.717) is 5.82 Å². The monoisotopic (exact) mass is 358 g/mol. The van der Waals surface area contributed by atoms with Crippen LogP contribution in [0.1, 0.15) is 13.8 Å². The van der Waals surface area contributed by atoms with Crippen molar-refractivity contribution in [1.29, 1.82) is 0 Å². The summed E-state index contributed by atoms with van der Waals surface area (Å²) in [5, 5.41) is 4.30. The highest BCUT2D eigenvalue weighted by Crippen LogP contribution is 2.30. The van der Waals surface area contributed by atoms with E-state index in [1.54, 1.807) is 18.5 Å². The number of anilines is 1. The summed E-state index contributed by atoms with van der Waals surface area (Å²) in [7, 11) is 0. The molecule has 0 bridgehead atoms. The van der Waals surface area contributed by atoms with Crippen molar-refractivity contribution < 1.29 is 4.39 Å². The van der Waals surface area contributed by atoms with Gasteiger partial charge in [0.05, 0.1) is 5.52 Å². The van der Waals surface area contributed by atoms with Crippen LogP contribution in [0.2, 0.25) is 0 Å². The van der Waals surface area contributed by atoms with Crippen LogP contribution in [0.5, 0.6) is 0 Å². The zero-order chi connectivity index (χ0) is 18.8. The van der Waals surface area contributed by atoms with E-state index in [1.165, 1.54) is 12.1 Å². The van der Waals surface area contributed by atoms with E-state index in [4.69, 9.17) is 9.97 Å². The van der Waals surface area contributed by atoms with Gasteiger partial charge in [0.15, 0.2) is 5.82 Å². The molecule has 2 heterocycles. The molecule has 0 fully saturated rings. The summed E-state index contributed by atoms with van der Waals surface area (Å²) in [6, 6.07) is 16.5. The van der Waals surface area contributed by atoms with E-state index in [2.05, 4.69) is 24.1 Å². The Labute approximate surface area is 157 Å². The standard InChI is InChI=1S/C22H19FN4/c1-14(2)25-22-19-12-16(15-5-3-7-18(23)11-15)8-9-20(19)26-21(27-22)17-6-4-10-24-13-17/h3-14H,1-2H3,(H,25,26,27). The Hall–Kier alpha value is -3.34. The number of hydrogen-bond donors (Lipinski definition) is 1. The van der Waals surface area contributed by atoms with Gasteiger partial charge in [0.2, 0.25) is 0 Å². The molecule has 1 N–H and O–H groups in total. The summed E-state index contributed by atoms with van der Waals surface area (Å²) in [6.07, 6.45) is 3.48. The average molecular weight is 358 g/mol. The van der Waals surface area contributed by atoms with Crippen LogP contribution in [-0.4, -0.2) is 21.0 Å². The maximum absolute atomic E-state index is 13.6. The Morgan fingerprint density at radius 3 is 2.44 bits per heavy atom. The maximum Gasteiger partial charge on any atom is 0.163 e. The number of nitrogens with one attached hydrogen (secondary N) is 1. The average Bonchev–Trinajstić information content (AvgIpc) is 2.68. The molecule has 2 aromatic carbocycles. The number of halogens is 1. The summed E-state index contributed by atoms with van der Waals surface area (Å²) in [5.41, 5.74) is 3.43. The van der Waals surface area contributed by atoms with Gasteiger partial charge in [0.25, 0.3) is 0 Å². The number of nitrogens with zero attached hydrogens (tertiary/aromatic N) is 3. The van der Waals surface area contributed by atoms with Crippen molar-refractivity contribution in [3.05, 3.63) is 72.8 Å². The summed E-state index contributed by atoms with van der Waals surface area (Å²) < 4.78 is 13.6. The topological polar surface area (TPSA) is 50.7 Å². The summed E-state index contributed by atoms with van der Waals surface area (Å²) in [6.45, 7) is 4.13. The predicted molar refractivity (Wildman–Crippen MR) is 107 cm³/mol. The van der Waals surface area contributed by atoms with Crippen LogP contribution in [0.3, 0.4) is 0 Å². The Balaban J connectivity index is 1.89. The molecule has 4 nitrogen and oxygen atoms in total. The lowest BCUT2D eigenvalue weighted by atomic mass is 10.0. The first-order valence-electron chi connectivity index (χ1n) is 8.85. The molecule has 2 aromatic heterocycles. The fourth-order valence-corrected chi connectivity index (χ4v) is 2.98. The molecule has 27 heavy (non-hydrogen) atoms. The molecule has 0 aliphatic carbocycles. The van der Waals surface area contributed by atoms with Crippen molar-refractivity contribution in [1.82, 2.24) is 15.0 Å². The van der Waals surface area contributed by atoms with E-state index in [1.807, 2.05) is 36.4 Å². The Morgan fingerprint density at radius 1 is 0.889 bits per heavy atom. The van der Waals surface area contributed by atoms with Crippen molar-refractivity contribution in [3.8, 4) is 22.5 Å². The highest BCUT2D eigenvalue weighted by Gasteiger charge is 2.12. The molecule has 0 unspecified atom stereocenters. The van der Waals surface area contributed by atoms with Gasteiger partial charge in [-0.25, -0.2) is 14.4 Å². The van der Waals surface area contributed by atoms with E-state index >= 15 is 0 Å². The first-order chi connectivity index (χ1) is 13.1. The lowest BCUT2D eigenvalue weighted by Gasteiger charge is -2.14. The Bertz CT molecular complexity index is 1090. The second-order valence-corrected chi connectivity index (χ2v) is 6.68. The lowest BCUT2D eigenvalue weighted by molar-refractivity contribution is 0.628. The predicted octanol–water partition coefficient (Wildman–Crippen LogP) is 5.32. The van der Waals surface area contributed by atoms with Crippen molar-refractivity contribution in [2.75, 3.05) is 5.32 Å². The first kappa shape index (κ1) is 17.1. The van der Waals surface area contributed by atoms with Crippen LogP contribution in [0.15, 0.2) is 67.0 Å². The molecule has 0 spiro atoms. The quantitative estimate of drug-likeness (QED) is 0.536. The number of hydrogen-bond acceptors (Lipinski definition) is 4. The molecule has 0 aliphatic rings. The van der Waals surface area contributed by atoms with Crippen LogP contribution in [0.4, 0.5) is 10.2 Å². The molecule has 134 valence electrons. The summed E-state index contributed by atoms with van der Waals surface area (Å²) >= 11 is 0. The summed E-state index contributed by atoms with van der Waals surface area (Å²) in [5.74, 6) is 1.13.